The summed E-state index contributed by atoms with van der Waals surface area (Å²) in [6, 6.07) is 11.0. The van der Waals surface area contributed by atoms with Crippen LogP contribution in [0.3, 0.4) is 0 Å². The summed E-state index contributed by atoms with van der Waals surface area (Å²) in [7, 11) is 0. The second-order valence-corrected chi connectivity index (χ2v) is 11.4. The average molecular weight is 568 g/mol. The lowest BCUT2D eigenvalue weighted by molar-refractivity contribution is 0.0326. The lowest BCUT2D eigenvalue weighted by Crippen LogP contribution is -2.35. The monoisotopic (exact) mass is 567 g/mol. The molecule has 3 aliphatic rings. The van der Waals surface area contributed by atoms with Crippen molar-refractivity contribution in [2.45, 2.75) is 78.6 Å². The van der Waals surface area contributed by atoms with E-state index in [2.05, 4.69) is 47.2 Å². The second-order valence-electron chi connectivity index (χ2n) is 11.4. The number of amides is 1. The molecule has 0 N–H and O–H groups in total. The molecule has 1 aliphatic carbocycles. The maximum absolute atomic E-state index is 12.0. The Labute approximate surface area is 246 Å². The summed E-state index contributed by atoms with van der Waals surface area (Å²) in [6.45, 7) is 10.4. The van der Waals surface area contributed by atoms with E-state index < -0.39 is 5.91 Å². The highest BCUT2D eigenvalue weighted by molar-refractivity contribution is 5.95. The molecule has 0 atom stereocenters. The van der Waals surface area contributed by atoms with E-state index in [0.29, 0.717) is 30.6 Å². The number of allylic oxidation sites excluding steroid dienone is 3. The summed E-state index contributed by atoms with van der Waals surface area (Å²) >= 11 is 0. The largest absolute Gasteiger partial charge is 0.488 e. The number of aromatic nitrogens is 3. The number of aryl methyl sites for hydroxylation is 1. The number of ether oxygens (including phenoxy) is 2. The molecule has 3 aromatic rings. The van der Waals surface area contributed by atoms with Gasteiger partial charge >= 0.3 is 5.91 Å². The van der Waals surface area contributed by atoms with Crippen LogP contribution in [-0.2, 0) is 35.6 Å². The predicted octanol–water partition coefficient (Wildman–Crippen LogP) is 6.21. The Morgan fingerprint density at radius 1 is 1.14 bits per heavy atom. The molecule has 2 aromatic heterocycles. The molecule has 218 valence electrons. The Bertz CT molecular complexity index is 1580. The smallest absolute Gasteiger partial charge is 0.320 e. The minimum atomic E-state index is -0.823. The molecule has 1 aromatic carbocycles. The lowest BCUT2D eigenvalue weighted by Gasteiger charge is -2.30. The van der Waals surface area contributed by atoms with Crippen LogP contribution in [0.25, 0.3) is 11.4 Å². The minimum Gasteiger partial charge on any atom is -0.488 e. The van der Waals surface area contributed by atoms with Gasteiger partial charge in [0.2, 0.25) is 0 Å². The normalized spacial score (nSPS) is 17.7. The number of rotatable bonds is 8. The van der Waals surface area contributed by atoms with Gasteiger partial charge in [0.25, 0.3) is 0 Å². The summed E-state index contributed by atoms with van der Waals surface area (Å²) in [5.41, 5.74) is 9.03. The molecule has 0 unspecified atom stereocenters. The molecule has 9 nitrogen and oxygen atoms in total. The van der Waals surface area contributed by atoms with Gasteiger partial charge in [0.1, 0.15) is 12.4 Å². The third kappa shape index (κ3) is 5.46. The van der Waals surface area contributed by atoms with E-state index in [4.69, 9.17) is 14.5 Å². The van der Waals surface area contributed by atoms with Crippen molar-refractivity contribution < 1.29 is 14.3 Å². The van der Waals surface area contributed by atoms with Crippen molar-refractivity contribution in [2.75, 3.05) is 13.2 Å². The Kier molecular flexibility index (Phi) is 8.13. The van der Waals surface area contributed by atoms with E-state index in [0.717, 1.165) is 69.0 Å². The second kappa shape index (κ2) is 12.1. The molecular formula is C33H37N5O4. The van der Waals surface area contributed by atoms with Gasteiger partial charge in [0, 0.05) is 43.1 Å². The fourth-order valence-electron chi connectivity index (χ4n) is 6.39. The number of hydrogen-bond acceptors (Lipinski definition) is 7. The zero-order valence-electron chi connectivity index (χ0n) is 24.6. The number of nitrogens with zero attached hydrogens (tertiary/aromatic N) is 5. The molecule has 42 heavy (non-hydrogen) atoms. The maximum Gasteiger partial charge on any atom is 0.320 e. The van der Waals surface area contributed by atoms with E-state index in [1.165, 1.54) is 34.0 Å². The molecule has 1 amide bonds. The van der Waals surface area contributed by atoms with Gasteiger partial charge in [-0.1, -0.05) is 31.2 Å². The number of hydrogen-bond donors (Lipinski definition) is 0. The summed E-state index contributed by atoms with van der Waals surface area (Å²) in [6.07, 6.45) is 8.14. The van der Waals surface area contributed by atoms with E-state index in [9.17, 15) is 9.70 Å². The van der Waals surface area contributed by atoms with Gasteiger partial charge in [-0.3, -0.25) is 9.69 Å². The van der Waals surface area contributed by atoms with Gasteiger partial charge in [-0.05, 0) is 85.9 Å². The predicted molar refractivity (Wildman–Crippen MR) is 160 cm³/mol. The minimum absolute atomic E-state index is 0.206. The Morgan fingerprint density at radius 2 is 1.93 bits per heavy atom. The van der Waals surface area contributed by atoms with Crippen LogP contribution < -0.4 is 0 Å². The number of benzene rings is 1. The molecule has 0 radical (unpaired) electrons. The number of carbonyl (C=O) groups is 1. The molecule has 4 heterocycles. The topological polar surface area (TPSA) is 98.9 Å². The van der Waals surface area contributed by atoms with Crippen molar-refractivity contribution in [3.8, 4) is 5.82 Å². The van der Waals surface area contributed by atoms with Crippen LogP contribution in [0.4, 0.5) is 0 Å². The Hall–Kier alpha value is -3.95. The Balaban J connectivity index is 1.22. The summed E-state index contributed by atoms with van der Waals surface area (Å²) < 4.78 is 13.8. The van der Waals surface area contributed by atoms with E-state index in [1.807, 2.05) is 25.1 Å². The highest BCUT2D eigenvalue weighted by Crippen LogP contribution is 2.35. The average Bonchev–Trinajstić information content (AvgIpc) is 3.64. The number of nitroso groups, excluding NO2 is 1. The first kappa shape index (κ1) is 28.2. The van der Waals surface area contributed by atoms with Crippen molar-refractivity contribution >= 4 is 11.5 Å². The quantitative estimate of drug-likeness (QED) is 0.299. The zero-order valence-corrected chi connectivity index (χ0v) is 24.6. The molecule has 6 rings (SSSR count). The van der Waals surface area contributed by atoms with Gasteiger partial charge in [-0.25, -0.2) is 9.67 Å². The lowest BCUT2D eigenvalue weighted by atomic mass is 9.95. The third-order valence-corrected chi connectivity index (χ3v) is 8.73. The van der Waals surface area contributed by atoms with Crippen molar-refractivity contribution in [1.82, 2.24) is 19.7 Å². The molecule has 0 spiro atoms. The van der Waals surface area contributed by atoms with Crippen LogP contribution in [0.5, 0.6) is 0 Å². The van der Waals surface area contributed by atoms with E-state index in [-0.39, 0.29) is 5.56 Å². The standard InChI is InChI=1S/C33H37N5O4/c1-4-30-28(33(39)36-40)17-34-38(30)31-10-6-9-29(35-31)27-8-5-7-21(2)32(27)42-20-25-16-24-19-37(18-23(24)15-22(25)3)26-11-13-41-14-12-26/h6,8-10,15-17,26H,4-5,7,11-14,18-20H2,1-3H3. The van der Waals surface area contributed by atoms with Crippen molar-refractivity contribution in [1.29, 1.82) is 0 Å². The zero-order chi connectivity index (χ0) is 29.2. The molecule has 1 fully saturated rings. The molecule has 2 aliphatic heterocycles. The molecule has 0 bridgehead atoms. The van der Waals surface area contributed by atoms with Crippen LogP contribution in [0.15, 0.2) is 59.1 Å². The fourth-order valence-corrected chi connectivity index (χ4v) is 6.39. The van der Waals surface area contributed by atoms with Crippen LogP contribution in [-0.4, -0.2) is 44.8 Å². The highest BCUT2D eigenvalue weighted by Gasteiger charge is 2.28. The van der Waals surface area contributed by atoms with Crippen molar-refractivity contribution in [3.63, 3.8) is 0 Å². The molecule has 9 heteroatoms. The van der Waals surface area contributed by atoms with Gasteiger partial charge < -0.3 is 9.47 Å². The van der Waals surface area contributed by atoms with Crippen LogP contribution in [0, 0.1) is 11.8 Å². The van der Waals surface area contributed by atoms with Gasteiger partial charge in [0.05, 0.1) is 23.1 Å². The maximum atomic E-state index is 12.0. The van der Waals surface area contributed by atoms with E-state index in [1.54, 1.807) is 4.68 Å². The van der Waals surface area contributed by atoms with Crippen molar-refractivity contribution in [3.05, 3.63) is 98.0 Å². The molecular weight excluding hydrogens is 530 g/mol. The number of fused-ring (bicyclic) bond motifs is 1. The van der Waals surface area contributed by atoms with Gasteiger partial charge in [-0.2, -0.15) is 5.10 Å². The van der Waals surface area contributed by atoms with Gasteiger partial charge in [0.15, 0.2) is 5.82 Å². The van der Waals surface area contributed by atoms with Crippen LogP contribution in [0.2, 0.25) is 0 Å². The fraction of sp³-hybridized carbons (Fsp3) is 0.424. The first-order valence-corrected chi connectivity index (χ1v) is 14.8. The Morgan fingerprint density at radius 3 is 2.69 bits per heavy atom. The first-order chi connectivity index (χ1) is 20.5. The first-order valence-electron chi connectivity index (χ1n) is 14.8. The summed E-state index contributed by atoms with van der Waals surface area (Å²) in [5.74, 6) is 0.616. The van der Waals surface area contributed by atoms with Crippen molar-refractivity contribution in [2.24, 2.45) is 5.18 Å². The van der Waals surface area contributed by atoms with Crippen LogP contribution in [0.1, 0.15) is 83.5 Å². The number of carbonyl (C=O) groups excluding carboxylic acids is 1. The summed E-state index contributed by atoms with van der Waals surface area (Å²) in [5, 5.41) is 6.94. The van der Waals surface area contributed by atoms with E-state index >= 15 is 0 Å². The van der Waals surface area contributed by atoms with Crippen LogP contribution >= 0.6 is 0 Å². The SMILES string of the molecule is CCc1c(C(=O)N=O)cnn1-c1cccc(C2=CCCC(C)=C2OCc2cc3c(cc2C)CN(C2CCOCC2)C3)n1. The summed E-state index contributed by atoms with van der Waals surface area (Å²) in [4.78, 5) is 30.4. The van der Waals surface area contributed by atoms with Gasteiger partial charge in [-0.15, -0.1) is 4.91 Å². The third-order valence-electron chi connectivity index (χ3n) is 8.73. The highest BCUT2D eigenvalue weighted by atomic mass is 16.5. The molecule has 1 saturated heterocycles. The number of pyridine rings is 1. The molecule has 0 saturated carbocycles.